The highest BCUT2D eigenvalue weighted by molar-refractivity contribution is 6.37. The van der Waals surface area contributed by atoms with Crippen molar-refractivity contribution in [1.29, 1.82) is 0 Å². The van der Waals surface area contributed by atoms with E-state index in [9.17, 15) is 9.90 Å². The summed E-state index contributed by atoms with van der Waals surface area (Å²) in [7, 11) is 0. The van der Waals surface area contributed by atoms with E-state index >= 15 is 0 Å². The monoisotopic (exact) mass is 258 g/mol. The van der Waals surface area contributed by atoms with Crippen molar-refractivity contribution >= 4 is 23.2 Å². The fraction of sp³-hybridized carbons (Fsp3) is 0.100. The Morgan fingerprint density at radius 3 is 2.44 bits per heavy atom. The Hall–Kier alpha value is -1.39. The Bertz CT molecular complexity index is 551. The van der Waals surface area contributed by atoms with Gasteiger partial charge in [0.1, 0.15) is 0 Å². The largest absolute Gasteiger partial charge is 0.505 e. The molecule has 0 fully saturated rings. The van der Waals surface area contributed by atoms with Crippen LogP contribution >= 0.6 is 23.2 Å². The summed E-state index contributed by atoms with van der Waals surface area (Å²) in [6, 6.07) is 3.14. The number of phenols is 1. The maximum absolute atomic E-state index is 11.3. The van der Waals surface area contributed by atoms with Crippen molar-refractivity contribution in [3.05, 3.63) is 50.6 Å². The van der Waals surface area contributed by atoms with Crippen molar-refractivity contribution in [2.45, 2.75) is 6.54 Å². The summed E-state index contributed by atoms with van der Waals surface area (Å²) in [4.78, 5) is 13.8. The second-order valence-corrected chi connectivity index (χ2v) is 4.12. The Morgan fingerprint density at radius 2 is 1.94 bits per heavy atom. The third kappa shape index (κ3) is 2.08. The fourth-order valence-electron chi connectivity index (χ4n) is 1.38. The van der Waals surface area contributed by atoms with Gasteiger partial charge in [-0.3, -0.25) is 4.57 Å². The van der Waals surface area contributed by atoms with Crippen LogP contribution in [0.25, 0.3) is 0 Å². The summed E-state index contributed by atoms with van der Waals surface area (Å²) >= 11 is 11.5. The summed E-state index contributed by atoms with van der Waals surface area (Å²) in [6.45, 7) is 0.349. The van der Waals surface area contributed by atoms with Crippen LogP contribution in [0.15, 0.2) is 29.3 Å². The third-order valence-corrected chi connectivity index (χ3v) is 2.73. The van der Waals surface area contributed by atoms with E-state index in [0.717, 1.165) is 5.56 Å². The Morgan fingerprint density at radius 1 is 1.31 bits per heavy atom. The predicted molar refractivity (Wildman–Crippen MR) is 62.3 cm³/mol. The quantitative estimate of drug-likeness (QED) is 0.868. The molecule has 84 valence electrons. The minimum atomic E-state index is -0.208. The number of aromatic hydroxyl groups is 1. The van der Waals surface area contributed by atoms with Crippen LogP contribution in [0.2, 0.25) is 10.0 Å². The minimum Gasteiger partial charge on any atom is -0.505 e. The lowest BCUT2D eigenvalue weighted by molar-refractivity contribution is 0.475. The number of hydrogen-bond acceptors (Lipinski definition) is 2. The second-order valence-electron chi connectivity index (χ2n) is 3.30. The van der Waals surface area contributed by atoms with Gasteiger partial charge in [0.05, 0.1) is 16.6 Å². The molecule has 2 rings (SSSR count). The first-order valence-corrected chi connectivity index (χ1v) is 5.24. The minimum absolute atomic E-state index is 0.145. The zero-order chi connectivity index (χ0) is 11.7. The third-order valence-electron chi connectivity index (χ3n) is 2.15. The number of phenolic OH excluding ortho intramolecular Hbond substituents is 1. The van der Waals surface area contributed by atoms with Gasteiger partial charge >= 0.3 is 5.69 Å². The molecule has 0 saturated heterocycles. The number of nitrogens with one attached hydrogen (secondary N) is 1. The standard InChI is InChI=1S/C10H8Cl2N2O2/c11-7-3-6(4-8(12)9(7)15)5-14-2-1-13-10(14)16/h1-4,15H,5H2,(H,13,16). The van der Waals surface area contributed by atoms with Crippen LogP contribution in [0.1, 0.15) is 5.56 Å². The Labute approximate surface area is 101 Å². The average molecular weight is 259 g/mol. The zero-order valence-electron chi connectivity index (χ0n) is 8.08. The number of nitrogens with zero attached hydrogens (tertiary/aromatic N) is 1. The molecule has 0 aliphatic heterocycles. The van der Waals surface area contributed by atoms with Gasteiger partial charge in [-0.25, -0.2) is 4.79 Å². The topological polar surface area (TPSA) is 58.0 Å². The Balaban J connectivity index is 2.36. The molecule has 0 saturated carbocycles. The lowest BCUT2D eigenvalue weighted by Gasteiger charge is -2.05. The van der Waals surface area contributed by atoms with Crippen LogP contribution in [-0.4, -0.2) is 14.7 Å². The molecule has 0 radical (unpaired) electrons. The molecular weight excluding hydrogens is 251 g/mol. The van der Waals surface area contributed by atoms with Crippen LogP contribution in [0.5, 0.6) is 5.75 Å². The van der Waals surface area contributed by atoms with E-state index in [2.05, 4.69) is 4.98 Å². The molecule has 0 bridgehead atoms. The molecule has 16 heavy (non-hydrogen) atoms. The average Bonchev–Trinajstić information content (AvgIpc) is 2.61. The number of H-pyrrole nitrogens is 1. The highest BCUT2D eigenvalue weighted by Gasteiger charge is 2.07. The predicted octanol–water partition coefficient (Wildman–Crippen LogP) is 2.24. The van der Waals surface area contributed by atoms with E-state index in [4.69, 9.17) is 23.2 Å². The summed E-state index contributed by atoms with van der Waals surface area (Å²) in [5.41, 5.74) is 0.537. The van der Waals surface area contributed by atoms with E-state index in [1.807, 2.05) is 0 Å². The van der Waals surface area contributed by atoms with E-state index in [0.29, 0.717) is 6.54 Å². The van der Waals surface area contributed by atoms with Crippen molar-refractivity contribution in [1.82, 2.24) is 9.55 Å². The van der Waals surface area contributed by atoms with Crippen LogP contribution in [-0.2, 0) is 6.54 Å². The van der Waals surface area contributed by atoms with Gasteiger partial charge in [-0.05, 0) is 17.7 Å². The van der Waals surface area contributed by atoms with Crippen molar-refractivity contribution in [2.24, 2.45) is 0 Å². The van der Waals surface area contributed by atoms with Gasteiger partial charge in [0.15, 0.2) is 5.75 Å². The fourth-order valence-corrected chi connectivity index (χ4v) is 1.91. The van der Waals surface area contributed by atoms with Crippen molar-refractivity contribution in [3.8, 4) is 5.75 Å². The van der Waals surface area contributed by atoms with Crippen molar-refractivity contribution < 1.29 is 5.11 Å². The Kier molecular flexibility index (Phi) is 2.94. The van der Waals surface area contributed by atoms with Gasteiger partial charge in [0.25, 0.3) is 0 Å². The first-order valence-electron chi connectivity index (χ1n) is 4.48. The lowest BCUT2D eigenvalue weighted by Crippen LogP contribution is -2.16. The SMILES string of the molecule is O=c1[nH]ccn1Cc1cc(Cl)c(O)c(Cl)c1. The van der Waals surface area contributed by atoms with E-state index in [-0.39, 0.29) is 21.5 Å². The first kappa shape index (κ1) is 11.1. The van der Waals surface area contributed by atoms with E-state index in [1.54, 1.807) is 24.5 Å². The molecule has 0 aliphatic rings. The molecule has 4 nitrogen and oxygen atoms in total. The van der Waals surface area contributed by atoms with Gasteiger partial charge in [0, 0.05) is 12.4 Å². The van der Waals surface area contributed by atoms with Crippen LogP contribution in [0.3, 0.4) is 0 Å². The molecule has 0 atom stereocenters. The maximum Gasteiger partial charge on any atom is 0.325 e. The molecule has 0 aliphatic carbocycles. The second kappa shape index (κ2) is 4.23. The number of hydrogen-bond donors (Lipinski definition) is 2. The van der Waals surface area contributed by atoms with Gasteiger partial charge < -0.3 is 10.1 Å². The van der Waals surface area contributed by atoms with E-state index in [1.165, 1.54) is 4.57 Å². The molecular formula is C10H8Cl2N2O2. The van der Waals surface area contributed by atoms with Crippen molar-refractivity contribution in [2.75, 3.05) is 0 Å². The summed E-state index contributed by atoms with van der Waals surface area (Å²) in [6.07, 6.45) is 3.17. The molecule has 6 heteroatoms. The smallest absolute Gasteiger partial charge is 0.325 e. The number of halogens is 2. The maximum atomic E-state index is 11.3. The number of benzene rings is 1. The molecule has 2 N–H and O–H groups in total. The highest BCUT2D eigenvalue weighted by Crippen LogP contribution is 2.32. The number of aromatic nitrogens is 2. The van der Waals surface area contributed by atoms with Crippen molar-refractivity contribution in [3.63, 3.8) is 0 Å². The van der Waals surface area contributed by atoms with Gasteiger partial charge in [-0.15, -0.1) is 0 Å². The molecule has 0 spiro atoms. The van der Waals surface area contributed by atoms with Gasteiger partial charge in [-0.1, -0.05) is 23.2 Å². The summed E-state index contributed by atoms with van der Waals surface area (Å²) in [5.74, 6) is -0.145. The van der Waals surface area contributed by atoms with Crippen LogP contribution in [0.4, 0.5) is 0 Å². The molecule has 1 aromatic heterocycles. The first-order chi connectivity index (χ1) is 7.58. The van der Waals surface area contributed by atoms with E-state index < -0.39 is 0 Å². The summed E-state index contributed by atoms with van der Waals surface area (Å²) < 4.78 is 1.47. The number of rotatable bonds is 2. The normalized spacial score (nSPS) is 10.6. The molecule has 1 heterocycles. The highest BCUT2D eigenvalue weighted by atomic mass is 35.5. The molecule has 2 aromatic rings. The lowest BCUT2D eigenvalue weighted by atomic mass is 10.2. The number of aromatic amines is 1. The van der Waals surface area contributed by atoms with Crippen LogP contribution in [0, 0.1) is 0 Å². The number of imidazole rings is 1. The molecule has 0 unspecified atom stereocenters. The van der Waals surface area contributed by atoms with Crippen LogP contribution < -0.4 is 5.69 Å². The van der Waals surface area contributed by atoms with Gasteiger partial charge in [0.2, 0.25) is 0 Å². The molecule has 0 amide bonds. The zero-order valence-corrected chi connectivity index (χ0v) is 9.59. The summed E-state index contributed by atoms with van der Waals surface area (Å²) in [5, 5.41) is 9.72. The molecule has 1 aromatic carbocycles. The van der Waals surface area contributed by atoms with Gasteiger partial charge in [-0.2, -0.15) is 0 Å².